The van der Waals surface area contributed by atoms with E-state index in [0.717, 1.165) is 19.5 Å². The molecule has 0 amide bonds. The lowest BCUT2D eigenvalue weighted by molar-refractivity contribution is 0.0579. The van der Waals surface area contributed by atoms with E-state index in [2.05, 4.69) is 36.1 Å². The summed E-state index contributed by atoms with van der Waals surface area (Å²) in [7, 11) is 1.74. The average molecular weight is 193 g/mol. The fourth-order valence-corrected chi connectivity index (χ4v) is 1.53. The fraction of sp³-hybridized carbons (Fsp3) is 0.500. The highest BCUT2D eigenvalue weighted by Gasteiger charge is 2.02. The summed E-state index contributed by atoms with van der Waals surface area (Å²) in [6.07, 6.45) is 1.16. The number of nitrogens with zero attached hydrogens (tertiary/aromatic N) is 1. The highest BCUT2D eigenvalue weighted by Crippen LogP contribution is 2.04. The number of methoxy groups -OCH3 is 1. The van der Waals surface area contributed by atoms with Crippen LogP contribution in [0.3, 0.4) is 0 Å². The van der Waals surface area contributed by atoms with Gasteiger partial charge in [0.05, 0.1) is 6.73 Å². The van der Waals surface area contributed by atoms with Gasteiger partial charge in [-0.05, 0) is 12.0 Å². The van der Waals surface area contributed by atoms with E-state index in [-0.39, 0.29) is 0 Å². The van der Waals surface area contributed by atoms with Crippen LogP contribution in [0.5, 0.6) is 0 Å². The standard InChI is InChI=1S/C12H19NO/c1-3-9-13(11-14-2)10-12-7-5-4-6-8-12/h4-8H,3,9-11H2,1-2H3. The van der Waals surface area contributed by atoms with Crippen molar-refractivity contribution in [3.8, 4) is 0 Å². The van der Waals surface area contributed by atoms with Gasteiger partial charge in [0.2, 0.25) is 0 Å². The van der Waals surface area contributed by atoms with Crippen molar-refractivity contribution in [1.29, 1.82) is 0 Å². The Balaban J connectivity index is 2.46. The van der Waals surface area contributed by atoms with Crippen molar-refractivity contribution in [3.05, 3.63) is 35.9 Å². The van der Waals surface area contributed by atoms with Gasteiger partial charge >= 0.3 is 0 Å². The Morgan fingerprint density at radius 2 is 1.93 bits per heavy atom. The molecule has 0 saturated heterocycles. The minimum Gasteiger partial charge on any atom is -0.369 e. The molecule has 0 spiro atoms. The van der Waals surface area contributed by atoms with Crippen LogP contribution in [-0.2, 0) is 11.3 Å². The summed E-state index contributed by atoms with van der Waals surface area (Å²) in [6.45, 7) is 4.96. The number of ether oxygens (including phenoxy) is 1. The summed E-state index contributed by atoms with van der Waals surface area (Å²) in [5.74, 6) is 0. The normalized spacial score (nSPS) is 10.8. The zero-order valence-electron chi connectivity index (χ0n) is 9.07. The van der Waals surface area contributed by atoms with Crippen molar-refractivity contribution < 1.29 is 4.74 Å². The summed E-state index contributed by atoms with van der Waals surface area (Å²) in [5.41, 5.74) is 1.35. The van der Waals surface area contributed by atoms with Crippen LogP contribution < -0.4 is 0 Å². The van der Waals surface area contributed by atoms with Crippen LogP contribution >= 0.6 is 0 Å². The predicted octanol–water partition coefficient (Wildman–Crippen LogP) is 2.50. The topological polar surface area (TPSA) is 12.5 Å². The van der Waals surface area contributed by atoms with Crippen molar-refractivity contribution in [2.45, 2.75) is 19.9 Å². The summed E-state index contributed by atoms with van der Waals surface area (Å²) in [5, 5.41) is 0. The second-order valence-corrected chi connectivity index (χ2v) is 3.46. The molecule has 0 aliphatic rings. The van der Waals surface area contributed by atoms with Crippen LogP contribution in [0.15, 0.2) is 30.3 Å². The van der Waals surface area contributed by atoms with E-state index in [1.54, 1.807) is 7.11 Å². The second kappa shape index (κ2) is 6.57. The summed E-state index contributed by atoms with van der Waals surface area (Å²) >= 11 is 0. The summed E-state index contributed by atoms with van der Waals surface area (Å²) in [6, 6.07) is 10.5. The molecule has 0 fully saturated rings. The van der Waals surface area contributed by atoms with Crippen molar-refractivity contribution in [1.82, 2.24) is 4.90 Å². The van der Waals surface area contributed by atoms with E-state index in [0.29, 0.717) is 6.73 Å². The maximum absolute atomic E-state index is 5.15. The van der Waals surface area contributed by atoms with Crippen LogP contribution in [0, 0.1) is 0 Å². The minimum atomic E-state index is 0.711. The lowest BCUT2D eigenvalue weighted by Crippen LogP contribution is -2.26. The Kier molecular flexibility index (Phi) is 5.27. The molecular formula is C12H19NO. The first kappa shape index (κ1) is 11.2. The van der Waals surface area contributed by atoms with Gasteiger partial charge in [-0.2, -0.15) is 0 Å². The Bertz CT molecular complexity index is 229. The SMILES string of the molecule is CCCN(COC)Cc1ccccc1. The monoisotopic (exact) mass is 193 g/mol. The molecule has 0 aliphatic carbocycles. The van der Waals surface area contributed by atoms with Crippen molar-refractivity contribution >= 4 is 0 Å². The Morgan fingerprint density at radius 3 is 2.50 bits per heavy atom. The van der Waals surface area contributed by atoms with Gasteiger partial charge in [0.15, 0.2) is 0 Å². The minimum absolute atomic E-state index is 0.711. The lowest BCUT2D eigenvalue weighted by atomic mass is 10.2. The smallest absolute Gasteiger partial charge is 0.0989 e. The molecule has 0 saturated carbocycles. The molecule has 0 atom stereocenters. The van der Waals surface area contributed by atoms with Gasteiger partial charge in [0.1, 0.15) is 0 Å². The Morgan fingerprint density at radius 1 is 1.21 bits per heavy atom. The molecule has 1 aromatic carbocycles. The van der Waals surface area contributed by atoms with Gasteiger partial charge in [-0.25, -0.2) is 0 Å². The molecule has 2 heteroatoms. The van der Waals surface area contributed by atoms with E-state index >= 15 is 0 Å². The van der Waals surface area contributed by atoms with Crippen molar-refractivity contribution in [3.63, 3.8) is 0 Å². The number of hydrogen-bond acceptors (Lipinski definition) is 2. The average Bonchev–Trinajstić information content (AvgIpc) is 2.20. The fourth-order valence-electron chi connectivity index (χ4n) is 1.53. The van der Waals surface area contributed by atoms with Gasteiger partial charge in [-0.1, -0.05) is 37.3 Å². The molecule has 0 aromatic heterocycles. The van der Waals surface area contributed by atoms with Crippen LogP contribution in [0.2, 0.25) is 0 Å². The zero-order valence-corrected chi connectivity index (χ0v) is 9.07. The van der Waals surface area contributed by atoms with Crippen LogP contribution in [0.25, 0.3) is 0 Å². The van der Waals surface area contributed by atoms with Gasteiger partial charge in [0, 0.05) is 20.2 Å². The molecule has 2 nitrogen and oxygen atoms in total. The number of benzene rings is 1. The first-order valence-electron chi connectivity index (χ1n) is 5.12. The first-order valence-corrected chi connectivity index (χ1v) is 5.12. The molecule has 14 heavy (non-hydrogen) atoms. The van der Waals surface area contributed by atoms with Gasteiger partial charge < -0.3 is 4.74 Å². The third kappa shape index (κ3) is 3.90. The highest BCUT2D eigenvalue weighted by molar-refractivity contribution is 5.14. The van der Waals surface area contributed by atoms with E-state index in [9.17, 15) is 0 Å². The van der Waals surface area contributed by atoms with Crippen molar-refractivity contribution in [2.24, 2.45) is 0 Å². The molecule has 0 N–H and O–H groups in total. The zero-order chi connectivity index (χ0) is 10.2. The number of rotatable bonds is 6. The van der Waals surface area contributed by atoms with E-state index in [1.165, 1.54) is 5.56 Å². The first-order chi connectivity index (χ1) is 6.86. The molecule has 0 heterocycles. The van der Waals surface area contributed by atoms with Crippen LogP contribution in [0.4, 0.5) is 0 Å². The molecule has 1 rings (SSSR count). The third-order valence-electron chi connectivity index (χ3n) is 2.10. The summed E-state index contributed by atoms with van der Waals surface area (Å²) < 4.78 is 5.15. The lowest BCUT2D eigenvalue weighted by Gasteiger charge is -2.20. The maximum Gasteiger partial charge on any atom is 0.0989 e. The van der Waals surface area contributed by atoms with Gasteiger partial charge in [0.25, 0.3) is 0 Å². The van der Waals surface area contributed by atoms with E-state index in [1.807, 2.05) is 6.07 Å². The Hall–Kier alpha value is -0.860. The third-order valence-corrected chi connectivity index (χ3v) is 2.10. The van der Waals surface area contributed by atoms with Crippen molar-refractivity contribution in [2.75, 3.05) is 20.4 Å². The molecule has 1 aromatic rings. The van der Waals surface area contributed by atoms with Gasteiger partial charge in [-0.15, -0.1) is 0 Å². The molecule has 0 radical (unpaired) electrons. The summed E-state index contributed by atoms with van der Waals surface area (Å²) in [4.78, 5) is 2.30. The molecule has 0 bridgehead atoms. The second-order valence-electron chi connectivity index (χ2n) is 3.46. The van der Waals surface area contributed by atoms with E-state index in [4.69, 9.17) is 4.74 Å². The molecule has 78 valence electrons. The largest absolute Gasteiger partial charge is 0.369 e. The Labute approximate surface area is 86.5 Å². The predicted molar refractivity (Wildman–Crippen MR) is 59.0 cm³/mol. The maximum atomic E-state index is 5.15. The molecular weight excluding hydrogens is 174 g/mol. The van der Waals surface area contributed by atoms with E-state index < -0.39 is 0 Å². The number of hydrogen-bond donors (Lipinski definition) is 0. The quantitative estimate of drug-likeness (QED) is 0.644. The molecule has 0 aliphatic heterocycles. The van der Waals surface area contributed by atoms with Gasteiger partial charge in [-0.3, -0.25) is 4.90 Å². The van der Waals surface area contributed by atoms with Crippen LogP contribution in [-0.4, -0.2) is 25.3 Å². The highest BCUT2D eigenvalue weighted by atomic mass is 16.5. The van der Waals surface area contributed by atoms with Crippen LogP contribution in [0.1, 0.15) is 18.9 Å². The molecule has 0 unspecified atom stereocenters.